The maximum atomic E-state index is 4.71. The zero-order valence-electron chi connectivity index (χ0n) is 32.1. The molecule has 2 aliphatic carbocycles. The van der Waals surface area contributed by atoms with E-state index in [4.69, 9.17) is 6.58 Å². The van der Waals surface area contributed by atoms with Gasteiger partial charge in [-0.25, -0.2) is 0 Å². The molecule has 0 bridgehead atoms. The lowest BCUT2D eigenvalue weighted by atomic mass is 9.67. The third kappa shape index (κ3) is 4.94. The molecule has 0 radical (unpaired) electrons. The summed E-state index contributed by atoms with van der Waals surface area (Å²) >= 11 is 0. The third-order valence-corrected chi connectivity index (χ3v) is 12.5. The first-order valence-electron chi connectivity index (χ1n) is 19.7. The van der Waals surface area contributed by atoms with Gasteiger partial charge in [0.1, 0.15) is 0 Å². The Bertz CT molecular complexity index is 2870. The van der Waals surface area contributed by atoms with Crippen LogP contribution in [-0.4, -0.2) is 0 Å². The van der Waals surface area contributed by atoms with Crippen molar-refractivity contribution < 1.29 is 0 Å². The fourth-order valence-corrected chi connectivity index (χ4v) is 9.67. The van der Waals surface area contributed by atoms with Gasteiger partial charge in [-0.15, -0.1) is 0 Å². The number of fused-ring (bicyclic) bond motifs is 7. The fourth-order valence-electron chi connectivity index (χ4n) is 9.67. The maximum absolute atomic E-state index is 4.71. The fraction of sp³-hybridized carbons (Fsp3) is 0.0909. The predicted molar refractivity (Wildman–Crippen MR) is 238 cm³/mol. The molecule has 0 saturated heterocycles. The van der Waals surface area contributed by atoms with Gasteiger partial charge in [0.05, 0.1) is 5.41 Å². The van der Waals surface area contributed by atoms with E-state index in [1.165, 1.54) is 71.6 Å². The minimum Gasteiger partial charge on any atom is -0.311 e. The van der Waals surface area contributed by atoms with Crippen molar-refractivity contribution in [2.24, 2.45) is 0 Å². The molecule has 0 amide bonds. The number of nitrogens with zero attached hydrogens (tertiary/aromatic N) is 1. The molecule has 268 valence electrons. The van der Waals surface area contributed by atoms with Crippen molar-refractivity contribution in [1.29, 1.82) is 0 Å². The average molecular weight is 718 g/mol. The summed E-state index contributed by atoms with van der Waals surface area (Å²) in [5.74, 6) is 0. The molecule has 0 saturated carbocycles. The van der Waals surface area contributed by atoms with Gasteiger partial charge >= 0.3 is 0 Å². The molecule has 8 aromatic rings. The highest BCUT2D eigenvalue weighted by atomic mass is 15.1. The minimum atomic E-state index is -0.504. The van der Waals surface area contributed by atoms with Crippen LogP contribution in [0.15, 0.2) is 212 Å². The molecule has 2 aliphatic rings. The molecule has 0 aliphatic heterocycles. The summed E-state index contributed by atoms with van der Waals surface area (Å²) < 4.78 is 0. The van der Waals surface area contributed by atoms with Crippen molar-refractivity contribution in [2.45, 2.75) is 31.6 Å². The zero-order chi connectivity index (χ0) is 38.0. The molecule has 1 heteroatoms. The van der Waals surface area contributed by atoms with E-state index in [0.29, 0.717) is 0 Å². The summed E-state index contributed by atoms with van der Waals surface area (Å²) in [4.78, 5) is 2.45. The first-order valence-corrected chi connectivity index (χ1v) is 19.7. The second-order valence-corrected chi connectivity index (χ2v) is 15.7. The van der Waals surface area contributed by atoms with E-state index >= 15 is 0 Å². The summed E-state index contributed by atoms with van der Waals surface area (Å²) in [6.07, 6.45) is 4.62. The molecule has 0 heterocycles. The number of hydrogen-bond donors (Lipinski definition) is 0. The summed E-state index contributed by atoms with van der Waals surface area (Å²) in [5.41, 5.74) is 15.2. The molecule has 1 nitrogen and oxygen atoms in total. The number of benzene rings is 8. The highest BCUT2D eigenvalue weighted by molar-refractivity contribution is 6.08. The van der Waals surface area contributed by atoms with E-state index in [9.17, 15) is 0 Å². The summed E-state index contributed by atoms with van der Waals surface area (Å²) in [6.45, 7) is 11.4. The number of anilines is 2. The Morgan fingerprint density at radius 3 is 1.79 bits per heavy atom. The molecule has 0 unspecified atom stereocenters. The molecule has 0 N–H and O–H groups in total. The highest BCUT2D eigenvalue weighted by Gasteiger charge is 2.46. The van der Waals surface area contributed by atoms with Crippen LogP contribution in [0, 0.1) is 0 Å². The van der Waals surface area contributed by atoms with Crippen molar-refractivity contribution in [1.82, 2.24) is 0 Å². The lowest BCUT2D eigenvalue weighted by Gasteiger charge is -2.35. The molecule has 0 spiro atoms. The van der Waals surface area contributed by atoms with E-state index in [2.05, 4.69) is 220 Å². The Kier molecular flexibility index (Phi) is 7.83. The monoisotopic (exact) mass is 717 g/mol. The summed E-state index contributed by atoms with van der Waals surface area (Å²) in [7, 11) is 0. The highest BCUT2D eigenvalue weighted by Crippen LogP contribution is 2.57. The quantitative estimate of drug-likeness (QED) is 0.155. The first-order chi connectivity index (χ1) is 27.4. The van der Waals surface area contributed by atoms with Crippen LogP contribution in [0.25, 0.3) is 38.2 Å². The Hall–Kier alpha value is -6.70. The molecule has 10 rings (SSSR count). The molecule has 0 atom stereocenters. The van der Waals surface area contributed by atoms with Crippen molar-refractivity contribution in [2.75, 3.05) is 4.90 Å². The van der Waals surface area contributed by atoms with Gasteiger partial charge in [0.15, 0.2) is 0 Å². The largest absolute Gasteiger partial charge is 0.311 e. The van der Waals surface area contributed by atoms with Gasteiger partial charge < -0.3 is 4.90 Å². The van der Waals surface area contributed by atoms with Gasteiger partial charge in [-0.2, -0.15) is 0 Å². The normalized spacial score (nSPS) is 15.9. The number of allylic oxidation sites excluding steroid dienone is 4. The van der Waals surface area contributed by atoms with Crippen molar-refractivity contribution in [3.8, 4) is 11.1 Å². The van der Waals surface area contributed by atoms with Crippen LogP contribution in [-0.2, 0) is 10.8 Å². The average Bonchev–Trinajstić information content (AvgIpc) is 3.65. The standard InChI is InChI=1S/C55H43N/c1-5-42(35-50-37(2)54(3,4)51-26-16-14-25-48(50)51)56(43-30-32-46-39(34-43)29-28-38-18-12-13-23-45(38)46)44-31-33-49-47-24-15-17-27-52(47)55(53(49)36-44,40-19-8-6-9-20-40)41-21-10-7-11-22-41/h5-36H,2H2,1,3-4H3/b42-5+,50-35+. The summed E-state index contributed by atoms with van der Waals surface area (Å²) in [6, 6.07) is 67.2. The van der Waals surface area contributed by atoms with E-state index in [-0.39, 0.29) is 5.41 Å². The smallest absolute Gasteiger partial charge is 0.0714 e. The van der Waals surface area contributed by atoms with Crippen LogP contribution in [0.2, 0.25) is 0 Å². The number of rotatable bonds is 6. The molecule has 8 aromatic carbocycles. The van der Waals surface area contributed by atoms with E-state index in [1.54, 1.807) is 0 Å². The van der Waals surface area contributed by atoms with Crippen LogP contribution >= 0.6 is 0 Å². The van der Waals surface area contributed by atoms with Gasteiger partial charge in [0.2, 0.25) is 0 Å². The van der Waals surface area contributed by atoms with Crippen LogP contribution in [0.1, 0.15) is 54.2 Å². The molecule has 56 heavy (non-hydrogen) atoms. The van der Waals surface area contributed by atoms with Crippen LogP contribution in [0.4, 0.5) is 11.4 Å². The van der Waals surface area contributed by atoms with E-state index in [0.717, 1.165) is 22.6 Å². The van der Waals surface area contributed by atoms with Gasteiger partial charge in [-0.1, -0.05) is 184 Å². The summed E-state index contributed by atoms with van der Waals surface area (Å²) in [5, 5.41) is 4.98. The molecule has 0 aromatic heterocycles. The van der Waals surface area contributed by atoms with Crippen LogP contribution in [0.3, 0.4) is 0 Å². The molecular formula is C55H43N. The van der Waals surface area contributed by atoms with Crippen molar-refractivity contribution in [3.63, 3.8) is 0 Å². The van der Waals surface area contributed by atoms with Crippen molar-refractivity contribution in [3.05, 3.63) is 245 Å². The second kappa shape index (κ2) is 13.0. The predicted octanol–water partition coefficient (Wildman–Crippen LogP) is 14.3. The Labute approximate surface area is 330 Å². The van der Waals surface area contributed by atoms with Gasteiger partial charge in [0.25, 0.3) is 0 Å². The second-order valence-electron chi connectivity index (χ2n) is 15.7. The Balaban J connectivity index is 1.24. The van der Waals surface area contributed by atoms with Gasteiger partial charge in [-0.05, 0) is 114 Å². The van der Waals surface area contributed by atoms with Gasteiger partial charge in [-0.3, -0.25) is 0 Å². The zero-order valence-corrected chi connectivity index (χ0v) is 32.1. The Morgan fingerprint density at radius 2 is 1.05 bits per heavy atom. The lowest BCUT2D eigenvalue weighted by Crippen LogP contribution is -2.28. The third-order valence-electron chi connectivity index (χ3n) is 12.5. The lowest BCUT2D eigenvalue weighted by molar-refractivity contribution is 0.663. The topological polar surface area (TPSA) is 3.24 Å². The van der Waals surface area contributed by atoms with Gasteiger partial charge in [0, 0.05) is 22.5 Å². The number of hydrogen-bond acceptors (Lipinski definition) is 1. The SMILES string of the molecule is C=C1/C(=C\C(=C/C)N(c2ccc3c(c2)C(c2ccccc2)(c2ccccc2)c2ccccc2-3)c2ccc3c(ccc4ccccc43)c2)c2ccccc2C1(C)C. The minimum absolute atomic E-state index is 0.166. The van der Waals surface area contributed by atoms with Crippen LogP contribution < -0.4 is 4.90 Å². The molecule has 0 fully saturated rings. The van der Waals surface area contributed by atoms with Crippen LogP contribution in [0.5, 0.6) is 0 Å². The maximum Gasteiger partial charge on any atom is 0.0714 e. The Morgan fingerprint density at radius 1 is 0.500 bits per heavy atom. The molecular weight excluding hydrogens is 675 g/mol. The van der Waals surface area contributed by atoms with E-state index in [1.807, 2.05) is 0 Å². The van der Waals surface area contributed by atoms with Crippen molar-refractivity contribution >= 4 is 38.5 Å². The first kappa shape index (κ1) is 33.8. The van der Waals surface area contributed by atoms with E-state index < -0.39 is 5.41 Å².